The van der Waals surface area contributed by atoms with E-state index in [0.29, 0.717) is 6.04 Å². The maximum absolute atomic E-state index is 9.63. The number of hydrogen-bond donors (Lipinski definition) is 2. The summed E-state index contributed by atoms with van der Waals surface area (Å²) in [4.78, 5) is 0. The Balaban J connectivity index is 2.15. The average Bonchev–Trinajstić information content (AvgIpc) is 2.45. The van der Waals surface area contributed by atoms with Crippen LogP contribution in [0.15, 0.2) is 48.6 Å². The van der Waals surface area contributed by atoms with Gasteiger partial charge < -0.3 is 10.4 Å². The Hall–Kier alpha value is -1.12. The second-order valence-corrected chi connectivity index (χ2v) is 5.36. The number of aliphatic hydroxyl groups is 1. The normalized spacial score (nSPS) is 28.4. The van der Waals surface area contributed by atoms with Crippen LogP contribution in [0, 0.1) is 0 Å². The third-order valence-corrected chi connectivity index (χ3v) is 3.54. The summed E-state index contributed by atoms with van der Waals surface area (Å²) in [5.41, 5.74) is 0. The van der Waals surface area contributed by atoms with Crippen LogP contribution in [0.4, 0.5) is 0 Å². The van der Waals surface area contributed by atoms with Crippen LogP contribution in [-0.2, 0) is 0 Å². The van der Waals surface area contributed by atoms with Gasteiger partial charge in [-0.2, -0.15) is 0 Å². The highest BCUT2D eigenvalue weighted by Crippen LogP contribution is 2.13. The molecule has 0 amide bonds. The molecule has 2 heteroatoms. The Labute approximate surface area is 124 Å². The lowest BCUT2D eigenvalue weighted by Crippen LogP contribution is -2.47. The molecular formula is C18H29NO. The van der Waals surface area contributed by atoms with Gasteiger partial charge in [0.05, 0.1) is 6.10 Å². The number of unbranched alkanes of at least 4 members (excludes halogenated alkanes) is 1. The van der Waals surface area contributed by atoms with Gasteiger partial charge in [-0.1, -0.05) is 55.5 Å². The van der Waals surface area contributed by atoms with Crippen LogP contribution in [0.1, 0.15) is 46.0 Å². The topological polar surface area (TPSA) is 32.3 Å². The van der Waals surface area contributed by atoms with Crippen molar-refractivity contribution in [1.82, 2.24) is 5.32 Å². The molecule has 3 atom stereocenters. The van der Waals surface area contributed by atoms with E-state index in [9.17, 15) is 5.11 Å². The largest absolute Gasteiger partial charge is 0.392 e. The van der Waals surface area contributed by atoms with Crippen LogP contribution in [0.3, 0.4) is 0 Å². The monoisotopic (exact) mass is 275 g/mol. The van der Waals surface area contributed by atoms with Gasteiger partial charge in [0.2, 0.25) is 0 Å². The Kier molecular flexibility index (Phi) is 9.01. The van der Waals surface area contributed by atoms with Gasteiger partial charge in [-0.25, -0.2) is 0 Å². The lowest BCUT2D eigenvalue weighted by Gasteiger charge is -2.31. The number of aliphatic hydroxyl groups excluding tert-OH is 1. The van der Waals surface area contributed by atoms with Crippen molar-refractivity contribution in [2.75, 3.05) is 0 Å². The molecule has 0 aromatic carbocycles. The second-order valence-electron chi connectivity index (χ2n) is 5.36. The van der Waals surface area contributed by atoms with Crippen LogP contribution in [0.2, 0.25) is 0 Å². The van der Waals surface area contributed by atoms with Gasteiger partial charge in [-0.3, -0.25) is 0 Å². The van der Waals surface area contributed by atoms with Crippen molar-refractivity contribution < 1.29 is 5.11 Å². The fourth-order valence-corrected chi connectivity index (χ4v) is 2.26. The predicted octanol–water partition coefficient (Wildman–Crippen LogP) is 3.90. The molecule has 20 heavy (non-hydrogen) atoms. The molecule has 0 spiro atoms. The zero-order valence-electron chi connectivity index (χ0n) is 12.8. The van der Waals surface area contributed by atoms with Gasteiger partial charge in [0.15, 0.2) is 0 Å². The van der Waals surface area contributed by atoms with Crippen molar-refractivity contribution in [3.63, 3.8) is 0 Å². The summed E-state index contributed by atoms with van der Waals surface area (Å²) in [6.07, 6.45) is 22.2. The van der Waals surface area contributed by atoms with Gasteiger partial charge in [-0.05, 0) is 39.0 Å². The number of hydrogen-bond acceptors (Lipinski definition) is 2. The highest BCUT2D eigenvalue weighted by molar-refractivity contribution is 5.13. The number of rotatable bonds is 7. The first-order valence-corrected chi connectivity index (χ1v) is 7.83. The molecule has 2 N–H and O–H groups in total. The van der Waals surface area contributed by atoms with E-state index in [1.807, 2.05) is 6.92 Å². The molecule has 1 saturated heterocycles. The van der Waals surface area contributed by atoms with Gasteiger partial charge in [0.1, 0.15) is 0 Å². The molecule has 0 radical (unpaired) electrons. The first-order valence-electron chi connectivity index (χ1n) is 7.83. The van der Waals surface area contributed by atoms with E-state index in [0.717, 1.165) is 32.1 Å². The van der Waals surface area contributed by atoms with Crippen molar-refractivity contribution in [2.45, 2.75) is 64.1 Å². The third kappa shape index (κ3) is 7.46. The Morgan fingerprint density at radius 2 is 1.75 bits per heavy atom. The van der Waals surface area contributed by atoms with Gasteiger partial charge in [-0.15, -0.1) is 0 Å². The van der Waals surface area contributed by atoms with E-state index in [4.69, 9.17) is 0 Å². The minimum Gasteiger partial charge on any atom is -0.392 e. The quantitative estimate of drug-likeness (QED) is 0.419. The first kappa shape index (κ1) is 16.9. The molecule has 1 aliphatic rings. The number of allylic oxidation sites excluding steroid dienone is 7. The van der Waals surface area contributed by atoms with Crippen molar-refractivity contribution in [1.29, 1.82) is 0 Å². The van der Waals surface area contributed by atoms with Crippen molar-refractivity contribution in [2.24, 2.45) is 0 Å². The van der Waals surface area contributed by atoms with Crippen LogP contribution >= 0.6 is 0 Å². The minimum absolute atomic E-state index is 0.193. The molecule has 0 bridgehead atoms. The van der Waals surface area contributed by atoms with Crippen molar-refractivity contribution in [3.05, 3.63) is 48.6 Å². The van der Waals surface area contributed by atoms with E-state index < -0.39 is 0 Å². The van der Waals surface area contributed by atoms with E-state index in [1.165, 1.54) is 0 Å². The van der Waals surface area contributed by atoms with Crippen LogP contribution < -0.4 is 5.32 Å². The lowest BCUT2D eigenvalue weighted by molar-refractivity contribution is 0.0943. The highest BCUT2D eigenvalue weighted by Gasteiger charge is 2.22. The minimum atomic E-state index is -0.195. The zero-order valence-corrected chi connectivity index (χ0v) is 12.8. The van der Waals surface area contributed by atoms with Gasteiger partial charge >= 0.3 is 0 Å². The van der Waals surface area contributed by atoms with Crippen LogP contribution in [0.5, 0.6) is 0 Å². The number of piperidine rings is 1. The predicted molar refractivity (Wildman–Crippen MR) is 87.7 cm³/mol. The van der Waals surface area contributed by atoms with E-state index in [2.05, 4.69) is 60.8 Å². The molecule has 1 fully saturated rings. The Bertz CT molecular complexity index is 354. The Morgan fingerprint density at radius 3 is 2.50 bits per heavy atom. The summed E-state index contributed by atoms with van der Waals surface area (Å²) in [5, 5.41) is 13.0. The smallest absolute Gasteiger partial charge is 0.0691 e. The maximum atomic E-state index is 9.63. The standard InChI is InChI=1S/C18H29NO/c1-3-4-5-6-7-8-9-10-11-12-13-17-14-15-18(20)16(2)19-17/h4-5,8-13,16-20H,3,6-7,14-15H2,1-2H3/b5-4+,9-8+,11-10+,13-12+/t16-,17?,18+/m0/s1. The van der Waals surface area contributed by atoms with Crippen LogP contribution in [0.25, 0.3) is 0 Å². The van der Waals surface area contributed by atoms with E-state index in [1.54, 1.807) is 0 Å². The molecule has 2 nitrogen and oxygen atoms in total. The van der Waals surface area contributed by atoms with E-state index in [-0.39, 0.29) is 12.1 Å². The van der Waals surface area contributed by atoms with Gasteiger partial charge in [0, 0.05) is 12.1 Å². The van der Waals surface area contributed by atoms with Crippen molar-refractivity contribution in [3.8, 4) is 0 Å². The summed E-state index contributed by atoms with van der Waals surface area (Å²) in [6, 6.07) is 0.583. The molecular weight excluding hydrogens is 246 g/mol. The van der Waals surface area contributed by atoms with Gasteiger partial charge in [0.25, 0.3) is 0 Å². The van der Waals surface area contributed by atoms with Crippen LogP contribution in [-0.4, -0.2) is 23.3 Å². The molecule has 1 heterocycles. The molecule has 0 aliphatic carbocycles. The summed E-state index contributed by atoms with van der Waals surface area (Å²) < 4.78 is 0. The zero-order chi connectivity index (χ0) is 14.6. The summed E-state index contributed by atoms with van der Waals surface area (Å²) in [6.45, 7) is 4.19. The molecule has 1 rings (SSSR count). The summed E-state index contributed by atoms with van der Waals surface area (Å²) in [5.74, 6) is 0. The maximum Gasteiger partial charge on any atom is 0.0691 e. The fraction of sp³-hybridized carbons (Fsp3) is 0.556. The molecule has 0 aromatic heterocycles. The fourth-order valence-electron chi connectivity index (χ4n) is 2.26. The van der Waals surface area contributed by atoms with Crippen molar-refractivity contribution >= 4 is 0 Å². The third-order valence-electron chi connectivity index (χ3n) is 3.54. The lowest BCUT2D eigenvalue weighted by atomic mass is 9.96. The first-order chi connectivity index (χ1) is 9.74. The Morgan fingerprint density at radius 1 is 1.00 bits per heavy atom. The summed E-state index contributed by atoms with van der Waals surface area (Å²) >= 11 is 0. The number of nitrogens with one attached hydrogen (secondary N) is 1. The summed E-state index contributed by atoms with van der Waals surface area (Å²) in [7, 11) is 0. The highest BCUT2D eigenvalue weighted by atomic mass is 16.3. The molecule has 0 saturated carbocycles. The second kappa shape index (κ2) is 10.6. The SMILES string of the molecule is CC/C=C/CC/C=C/C=C/C=C/C1CC[C@@H](O)[C@H](C)N1. The molecule has 112 valence electrons. The average molecular weight is 275 g/mol. The van der Waals surface area contributed by atoms with E-state index >= 15 is 0 Å². The molecule has 0 aromatic rings. The molecule has 1 unspecified atom stereocenters. The molecule has 1 aliphatic heterocycles.